The van der Waals surface area contributed by atoms with Gasteiger partial charge in [0.1, 0.15) is 18.2 Å². The van der Waals surface area contributed by atoms with E-state index < -0.39 is 67.1 Å². The van der Waals surface area contributed by atoms with Crippen LogP contribution in [0.1, 0.15) is 13.3 Å². The van der Waals surface area contributed by atoms with E-state index in [4.69, 9.17) is 9.47 Å². The molecule has 6 N–H and O–H groups in total. The van der Waals surface area contributed by atoms with E-state index in [1.54, 1.807) is 30.3 Å². The summed E-state index contributed by atoms with van der Waals surface area (Å²) in [6.45, 7) is 0.701. The van der Waals surface area contributed by atoms with Gasteiger partial charge in [-0.1, -0.05) is 18.2 Å². The van der Waals surface area contributed by atoms with Crippen molar-refractivity contribution in [3.05, 3.63) is 30.3 Å². The van der Waals surface area contributed by atoms with Crippen LogP contribution < -0.4 is 50.6 Å². The van der Waals surface area contributed by atoms with Gasteiger partial charge in [0.15, 0.2) is 0 Å². The molecule has 1 unspecified atom stereocenters. The van der Waals surface area contributed by atoms with E-state index in [0.717, 1.165) is 14.0 Å². The van der Waals surface area contributed by atoms with Gasteiger partial charge in [0.2, 0.25) is 11.7 Å². The Hall–Kier alpha value is -1.77. The molecule has 0 aliphatic carbocycles. The first kappa shape index (κ1) is 28.3. The van der Waals surface area contributed by atoms with Crippen LogP contribution in [0.15, 0.2) is 30.3 Å². The fourth-order valence-electron chi connectivity index (χ4n) is 3.24. The standard InChI is InChI=1S/C19H27N3O9.Na/c1-10(23)21-14-12(24)8-19(30-2,17(27)28)31-16(14)15(26)13(25)9-20-18(29)22-11-6-4-3-5-7-11;/h3-7,12-16,24-26H,8-9H2,1-2H3,(H,21,23)(H,27,28)(H2,20,22,29);/q;+1/p-1/t12-,13+,14+,15+,16+,19?;/m0./s1. The number of carboxylic acid groups (broad SMARTS) is 1. The minimum Gasteiger partial charge on any atom is -0.544 e. The molecule has 6 atom stereocenters. The van der Waals surface area contributed by atoms with Crippen molar-refractivity contribution >= 4 is 23.6 Å². The summed E-state index contributed by atoms with van der Waals surface area (Å²) in [6, 6.07) is 6.54. The van der Waals surface area contributed by atoms with Crippen LogP contribution in [-0.2, 0) is 19.1 Å². The minimum absolute atomic E-state index is 0. The largest absolute Gasteiger partial charge is 1.00 e. The molecule has 1 saturated heterocycles. The summed E-state index contributed by atoms with van der Waals surface area (Å²) < 4.78 is 10.2. The summed E-state index contributed by atoms with van der Waals surface area (Å²) in [4.78, 5) is 35.0. The number of nitrogens with one attached hydrogen (secondary N) is 3. The van der Waals surface area contributed by atoms with Crippen molar-refractivity contribution in [3.63, 3.8) is 0 Å². The number of aliphatic hydroxyl groups is 3. The van der Waals surface area contributed by atoms with E-state index in [1.165, 1.54) is 0 Å². The Labute approximate surface area is 206 Å². The van der Waals surface area contributed by atoms with Gasteiger partial charge in [0.25, 0.3) is 0 Å². The number of hydrogen-bond donors (Lipinski definition) is 6. The van der Waals surface area contributed by atoms with Crippen molar-refractivity contribution in [2.45, 2.75) is 49.6 Å². The van der Waals surface area contributed by atoms with Crippen LogP contribution in [0.4, 0.5) is 10.5 Å². The second kappa shape index (κ2) is 12.5. The second-order valence-electron chi connectivity index (χ2n) is 7.08. The van der Waals surface area contributed by atoms with Crippen LogP contribution in [-0.4, -0.2) is 83.1 Å². The molecule has 0 radical (unpaired) electrons. The number of rotatable bonds is 8. The first-order chi connectivity index (χ1) is 14.6. The van der Waals surface area contributed by atoms with E-state index in [9.17, 15) is 34.8 Å². The number of methoxy groups -OCH3 is 1. The molecular formula is C19H26N3NaO9. The molecule has 1 aromatic rings. The number of benzene rings is 1. The summed E-state index contributed by atoms with van der Waals surface area (Å²) in [5, 5.41) is 50.1. The first-order valence-corrected chi connectivity index (χ1v) is 9.45. The van der Waals surface area contributed by atoms with Crippen molar-refractivity contribution in [2.75, 3.05) is 19.0 Å². The van der Waals surface area contributed by atoms with Gasteiger partial charge >= 0.3 is 35.6 Å². The van der Waals surface area contributed by atoms with Gasteiger partial charge in [0, 0.05) is 32.7 Å². The number of para-hydroxylation sites is 1. The molecule has 12 nitrogen and oxygen atoms in total. The second-order valence-corrected chi connectivity index (χ2v) is 7.08. The van der Waals surface area contributed by atoms with Gasteiger partial charge < -0.3 is 50.6 Å². The van der Waals surface area contributed by atoms with Crippen molar-refractivity contribution < 1.29 is 73.8 Å². The molecule has 1 fully saturated rings. The van der Waals surface area contributed by atoms with Gasteiger partial charge in [-0.15, -0.1) is 0 Å². The summed E-state index contributed by atoms with van der Waals surface area (Å²) in [5.41, 5.74) is 0.498. The van der Waals surface area contributed by atoms with Crippen LogP contribution in [0.25, 0.3) is 0 Å². The number of urea groups is 1. The van der Waals surface area contributed by atoms with E-state index in [2.05, 4.69) is 16.0 Å². The summed E-state index contributed by atoms with van der Waals surface area (Å²) in [6.07, 6.45) is -7.16. The Kier molecular flexibility index (Phi) is 11.0. The Morgan fingerprint density at radius 3 is 2.44 bits per heavy atom. The number of carbonyl (C=O) groups is 3. The van der Waals surface area contributed by atoms with E-state index in [-0.39, 0.29) is 29.6 Å². The Morgan fingerprint density at radius 2 is 1.91 bits per heavy atom. The van der Waals surface area contributed by atoms with Crippen LogP contribution in [0.5, 0.6) is 0 Å². The van der Waals surface area contributed by atoms with Gasteiger partial charge in [-0.05, 0) is 12.1 Å². The number of carboxylic acids is 1. The monoisotopic (exact) mass is 463 g/mol. The molecule has 2 rings (SSSR count). The van der Waals surface area contributed by atoms with Crippen LogP contribution in [0.3, 0.4) is 0 Å². The number of aliphatic carboxylic acids is 1. The number of amides is 3. The van der Waals surface area contributed by atoms with Crippen molar-refractivity contribution in [2.24, 2.45) is 0 Å². The SMILES string of the molecule is COC1(C(=O)[O-])C[C@H](O)[C@@H](NC(C)=O)[C@H]([C@H](O)[C@H](O)CNC(=O)Nc2ccccc2)O1.[Na+]. The third-order valence-electron chi connectivity index (χ3n) is 4.82. The third-order valence-corrected chi connectivity index (χ3v) is 4.82. The smallest absolute Gasteiger partial charge is 0.544 e. The molecule has 1 heterocycles. The summed E-state index contributed by atoms with van der Waals surface area (Å²) in [7, 11) is 1.01. The predicted octanol–water partition coefficient (Wildman–Crippen LogP) is -5.72. The molecule has 0 bridgehead atoms. The van der Waals surface area contributed by atoms with Crippen LogP contribution >= 0.6 is 0 Å². The zero-order chi connectivity index (χ0) is 23.2. The first-order valence-electron chi connectivity index (χ1n) is 9.45. The van der Waals surface area contributed by atoms with Gasteiger partial charge in [-0.2, -0.15) is 0 Å². The maximum Gasteiger partial charge on any atom is 1.00 e. The summed E-state index contributed by atoms with van der Waals surface area (Å²) in [5.74, 6) is -4.79. The maximum absolute atomic E-state index is 12.0. The van der Waals surface area contributed by atoms with Crippen LogP contribution in [0.2, 0.25) is 0 Å². The van der Waals surface area contributed by atoms with Crippen molar-refractivity contribution in [1.82, 2.24) is 10.6 Å². The number of anilines is 1. The predicted molar refractivity (Wildman–Crippen MR) is 103 cm³/mol. The molecule has 1 aliphatic rings. The number of hydrogen-bond acceptors (Lipinski definition) is 9. The molecule has 172 valence electrons. The number of ether oxygens (including phenoxy) is 2. The average molecular weight is 463 g/mol. The maximum atomic E-state index is 12.0. The van der Waals surface area contributed by atoms with Gasteiger partial charge in [-0.25, -0.2) is 4.79 Å². The molecule has 1 aromatic carbocycles. The fourth-order valence-corrected chi connectivity index (χ4v) is 3.24. The molecule has 3 amide bonds. The summed E-state index contributed by atoms with van der Waals surface area (Å²) >= 11 is 0. The molecule has 13 heteroatoms. The molecule has 1 aliphatic heterocycles. The Morgan fingerprint density at radius 1 is 1.28 bits per heavy atom. The van der Waals surface area contributed by atoms with Gasteiger partial charge in [-0.3, -0.25) is 4.79 Å². The third kappa shape index (κ3) is 7.12. The zero-order valence-corrected chi connectivity index (χ0v) is 20.0. The van der Waals surface area contributed by atoms with E-state index in [0.29, 0.717) is 5.69 Å². The van der Waals surface area contributed by atoms with Crippen molar-refractivity contribution in [3.8, 4) is 0 Å². The molecule has 0 aromatic heterocycles. The normalized spacial score (nSPS) is 26.7. The fraction of sp³-hybridized carbons (Fsp3) is 0.526. The zero-order valence-electron chi connectivity index (χ0n) is 18.0. The Balaban J connectivity index is 0.00000512. The van der Waals surface area contributed by atoms with Crippen molar-refractivity contribution in [1.29, 1.82) is 0 Å². The number of aliphatic hydroxyl groups excluding tert-OH is 3. The minimum atomic E-state index is -2.40. The quantitative estimate of drug-likeness (QED) is 0.204. The average Bonchev–Trinajstić information content (AvgIpc) is 2.73. The van der Waals surface area contributed by atoms with Gasteiger partial charge in [0.05, 0.1) is 18.2 Å². The number of carbonyl (C=O) groups excluding carboxylic acids is 3. The Bertz CT molecular complexity index is 785. The van der Waals surface area contributed by atoms with Crippen LogP contribution in [0, 0.1) is 0 Å². The van der Waals surface area contributed by atoms with E-state index in [1.807, 2.05) is 0 Å². The topological polar surface area (TPSA) is 190 Å². The molecular weight excluding hydrogens is 437 g/mol. The molecule has 0 saturated carbocycles. The van der Waals surface area contributed by atoms with E-state index >= 15 is 0 Å². The molecule has 32 heavy (non-hydrogen) atoms. The molecule has 0 spiro atoms.